The number of halogens is 3. The van der Waals surface area contributed by atoms with Gasteiger partial charge in [0, 0.05) is 10.5 Å². The van der Waals surface area contributed by atoms with Gasteiger partial charge >= 0.3 is 0 Å². The second kappa shape index (κ2) is 6.43. The van der Waals surface area contributed by atoms with Gasteiger partial charge in [-0.25, -0.2) is 4.98 Å². The Hall–Kier alpha value is -1.70. The van der Waals surface area contributed by atoms with Crippen LogP contribution in [0, 0.1) is 10.1 Å². The second-order valence-corrected chi connectivity index (χ2v) is 6.70. The molecule has 0 radical (unpaired) electrons. The lowest BCUT2D eigenvalue weighted by Gasteiger charge is -2.10. The summed E-state index contributed by atoms with van der Waals surface area (Å²) in [6.07, 6.45) is 1.10. The molecule has 0 saturated heterocycles. The predicted octanol–water partition coefficient (Wildman–Crippen LogP) is 6.11. The largest absolute Gasteiger partial charge is 0.436 e. The summed E-state index contributed by atoms with van der Waals surface area (Å²) in [7, 11) is 0. The van der Waals surface area contributed by atoms with E-state index in [-0.39, 0.29) is 16.6 Å². The number of hydrogen-bond donors (Lipinski definition) is 0. The highest BCUT2D eigenvalue weighted by Gasteiger charge is 2.14. The highest BCUT2D eigenvalue weighted by atomic mass is 79.9. The van der Waals surface area contributed by atoms with Crippen molar-refractivity contribution in [1.29, 1.82) is 0 Å². The zero-order valence-electron chi connectivity index (χ0n) is 11.3. The number of pyridine rings is 1. The van der Waals surface area contributed by atoms with Crippen LogP contribution in [-0.2, 0) is 0 Å². The Morgan fingerprint density at radius 3 is 2.65 bits per heavy atom. The first-order valence-electron chi connectivity index (χ1n) is 6.31. The predicted molar refractivity (Wildman–Crippen MR) is 95.3 cm³/mol. The normalized spacial score (nSPS) is 10.7. The Balaban J connectivity index is 2.00. The van der Waals surface area contributed by atoms with E-state index in [1.54, 1.807) is 6.07 Å². The molecule has 23 heavy (non-hydrogen) atoms. The minimum atomic E-state index is -0.563. The molecule has 0 saturated carbocycles. The van der Waals surface area contributed by atoms with Crippen molar-refractivity contribution in [3.05, 3.63) is 66.7 Å². The van der Waals surface area contributed by atoms with Crippen molar-refractivity contribution in [2.24, 2.45) is 0 Å². The maximum Gasteiger partial charge on any atom is 0.289 e. The van der Waals surface area contributed by atoms with Crippen molar-refractivity contribution in [3.63, 3.8) is 0 Å². The molecule has 0 aliphatic heterocycles. The molecule has 0 unspecified atom stereocenters. The molecule has 8 heteroatoms. The molecule has 3 rings (SSSR count). The van der Waals surface area contributed by atoms with Crippen LogP contribution in [0.5, 0.6) is 11.6 Å². The van der Waals surface area contributed by atoms with Crippen LogP contribution in [0.4, 0.5) is 5.69 Å². The molecule has 3 aromatic rings. The molecule has 0 spiro atoms. The summed E-state index contributed by atoms with van der Waals surface area (Å²) >= 11 is 12.9. The molecule has 0 aliphatic carbocycles. The summed E-state index contributed by atoms with van der Waals surface area (Å²) in [5.74, 6) is 0.623. The molecule has 0 amide bonds. The number of ether oxygens (including phenoxy) is 1. The molecule has 2 aromatic carbocycles. The third-order valence-corrected chi connectivity index (χ3v) is 4.67. The number of hydrogen-bond acceptors (Lipinski definition) is 4. The number of rotatable bonds is 3. The van der Waals surface area contributed by atoms with Crippen molar-refractivity contribution in [3.8, 4) is 11.6 Å². The number of nitro groups is 1. The summed E-state index contributed by atoms with van der Waals surface area (Å²) in [4.78, 5) is 14.0. The fraction of sp³-hybridized carbons (Fsp3) is 0. The van der Waals surface area contributed by atoms with Crippen LogP contribution in [0.2, 0.25) is 5.02 Å². The van der Waals surface area contributed by atoms with Crippen molar-refractivity contribution in [1.82, 2.24) is 4.98 Å². The van der Waals surface area contributed by atoms with E-state index in [0.717, 1.165) is 25.9 Å². The summed E-state index contributed by atoms with van der Waals surface area (Å²) in [5.41, 5.74) is -0.190. The van der Waals surface area contributed by atoms with Gasteiger partial charge in [-0.2, -0.15) is 0 Å². The summed E-state index contributed by atoms with van der Waals surface area (Å²) in [6, 6.07) is 10.7. The number of nitrogens with zero attached hydrogens (tertiary/aromatic N) is 2. The molecule has 1 aromatic heterocycles. The van der Waals surface area contributed by atoms with Gasteiger partial charge in [-0.1, -0.05) is 39.7 Å². The molecule has 1 heterocycles. The van der Waals surface area contributed by atoms with Crippen molar-refractivity contribution < 1.29 is 9.66 Å². The van der Waals surface area contributed by atoms with Crippen molar-refractivity contribution in [2.75, 3.05) is 0 Å². The Morgan fingerprint density at radius 1 is 1.17 bits per heavy atom. The average molecular weight is 458 g/mol. The molecule has 116 valence electrons. The van der Waals surface area contributed by atoms with Crippen LogP contribution in [0.25, 0.3) is 10.8 Å². The molecule has 0 bridgehead atoms. The molecule has 5 nitrogen and oxygen atoms in total. The quantitative estimate of drug-likeness (QED) is 0.351. The minimum Gasteiger partial charge on any atom is -0.436 e. The monoisotopic (exact) mass is 456 g/mol. The summed E-state index contributed by atoms with van der Waals surface area (Å²) < 4.78 is 7.42. The lowest BCUT2D eigenvalue weighted by Crippen LogP contribution is -1.94. The van der Waals surface area contributed by atoms with Gasteiger partial charge in [-0.15, -0.1) is 0 Å². The van der Waals surface area contributed by atoms with Gasteiger partial charge in [0.1, 0.15) is 17.0 Å². The van der Waals surface area contributed by atoms with E-state index in [1.165, 1.54) is 6.07 Å². The Kier molecular flexibility index (Phi) is 4.52. The summed E-state index contributed by atoms with van der Waals surface area (Å²) in [5, 5.41) is 12.8. The SMILES string of the molecule is O=[N+]([O-])c1cnc(Oc2ccc3cc(Br)ccc3c2Br)c(Cl)c1. The third kappa shape index (κ3) is 3.31. The molecule has 0 atom stereocenters. The molecule has 0 N–H and O–H groups in total. The number of benzene rings is 2. The summed E-state index contributed by atoms with van der Waals surface area (Å²) in [6.45, 7) is 0. The van der Waals surface area contributed by atoms with Gasteiger partial charge in [0.2, 0.25) is 5.88 Å². The second-order valence-electron chi connectivity index (χ2n) is 4.58. The van der Waals surface area contributed by atoms with Gasteiger partial charge in [-0.05, 0) is 44.9 Å². The smallest absolute Gasteiger partial charge is 0.289 e. The van der Waals surface area contributed by atoms with E-state index < -0.39 is 4.92 Å². The first kappa shape index (κ1) is 16.2. The van der Waals surface area contributed by atoms with Crippen LogP contribution in [0.3, 0.4) is 0 Å². The number of aromatic nitrogens is 1. The molecule has 0 aliphatic rings. The van der Waals surface area contributed by atoms with E-state index in [1.807, 2.05) is 24.3 Å². The van der Waals surface area contributed by atoms with Crippen molar-refractivity contribution >= 4 is 59.9 Å². The Labute approximate surface area is 152 Å². The minimum absolute atomic E-state index is 0.0713. The maximum atomic E-state index is 10.7. The van der Waals surface area contributed by atoms with E-state index in [2.05, 4.69) is 36.8 Å². The fourth-order valence-electron chi connectivity index (χ4n) is 2.02. The topological polar surface area (TPSA) is 65.3 Å². The van der Waals surface area contributed by atoms with Gasteiger partial charge in [0.25, 0.3) is 5.69 Å². The van der Waals surface area contributed by atoms with Crippen LogP contribution >= 0.6 is 43.5 Å². The van der Waals surface area contributed by atoms with Crippen LogP contribution in [-0.4, -0.2) is 9.91 Å². The van der Waals surface area contributed by atoms with Gasteiger partial charge in [0.05, 0.1) is 9.40 Å². The van der Waals surface area contributed by atoms with E-state index in [9.17, 15) is 10.1 Å². The lowest BCUT2D eigenvalue weighted by molar-refractivity contribution is -0.385. The van der Waals surface area contributed by atoms with E-state index in [4.69, 9.17) is 16.3 Å². The van der Waals surface area contributed by atoms with E-state index >= 15 is 0 Å². The Morgan fingerprint density at radius 2 is 1.96 bits per heavy atom. The lowest BCUT2D eigenvalue weighted by atomic mass is 10.1. The van der Waals surface area contributed by atoms with Gasteiger partial charge in [0.15, 0.2) is 0 Å². The highest BCUT2D eigenvalue weighted by molar-refractivity contribution is 9.11. The van der Waals surface area contributed by atoms with Crippen molar-refractivity contribution in [2.45, 2.75) is 0 Å². The zero-order chi connectivity index (χ0) is 16.6. The Bertz CT molecular complexity index is 934. The molecular formula is C15H7Br2ClN2O3. The van der Waals surface area contributed by atoms with Crippen LogP contribution in [0.1, 0.15) is 0 Å². The fourth-order valence-corrected chi connectivity index (χ4v) is 3.17. The highest BCUT2D eigenvalue weighted by Crippen LogP contribution is 2.38. The first-order valence-corrected chi connectivity index (χ1v) is 8.27. The third-order valence-electron chi connectivity index (χ3n) is 3.09. The van der Waals surface area contributed by atoms with Gasteiger partial charge in [-0.3, -0.25) is 10.1 Å². The average Bonchev–Trinajstić information content (AvgIpc) is 2.51. The maximum absolute atomic E-state index is 10.7. The number of fused-ring (bicyclic) bond motifs is 1. The van der Waals surface area contributed by atoms with Crippen LogP contribution < -0.4 is 4.74 Å². The van der Waals surface area contributed by atoms with E-state index in [0.29, 0.717) is 5.75 Å². The van der Waals surface area contributed by atoms with Crippen LogP contribution in [0.15, 0.2) is 51.5 Å². The molecule has 0 fully saturated rings. The van der Waals surface area contributed by atoms with Gasteiger partial charge < -0.3 is 4.74 Å². The standard InChI is InChI=1S/C15H7Br2ClN2O3/c16-9-2-3-11-8(5-9)1-4-13(14(11)17)23-15-12(18)6-10(7-19-15)20(21)22/h1-7H. The zero-order valence-corrected chi connectivity index (χ0v) is 15.2. The first-order chi connectivity index (χ1) is 11.0. The molecular weight excluding hydrogens is 451 g/mol.